The van der Waals surface area contributed by atoms with E-state index in [2.05, 4.69) is 25.9 Å². The number of para-hydroxylation sites is 1. The van der Waals surface area contributed by atoms with Crippen molar-refractivity contribution in [1.29, 1.82) is 0 Å². The van der Waals surface area contributed by atoms with Gasteiger partial charge in [0.15, 0.2) is 0 Å². The quantitative estimate of drug-likeness (QED) is 0.284. The molecule has 6 rings (SSSR count). The van der Waals surface area contributed by atoms with Crippen LogP contribution in [0.5, 0.6) is 0 Å². The first-order valence-corrected chi connectivity index (χ1v) is 15.5. The number of rotatable bonds is 5. The Morgan fingerprint density at radius 2 is 1.75 bits per heavy atom. The molecule has 2 N–H and O–H groups in total. The Morgan fingerprint density at radius 1 is 1.02 bits per heavy atom. The van der Waals surface area contributed by atoms with Crippen LogP contribution in [0.1, 0.15) is 45.8 Å². The van der Waals surface area contributed by atoms with E-state index in [4.69, 9.17) is 14.7 Å². The van der Waals surface area contributed by atoms with Gasteiger partial charge in [0, 0.05) is 22.8 Å². The molecule has 2 aromatic carbocycles. The highest BCUT2D eigenvalue weighted by Crippen LogP contribution is 2.64. The maximum absolute atomic E-state index is 13.6. The summed E-state index contributed by atoms with van der Waals surface area (Å²) in [5, 5.41) is 15.1. The van der Waals surface area contributed by atoms with Crippen molar-refractivity contribution in [2.45, 2.75) is 44.9 Å². The number of carbonyl (C=O) groups is 1. The van der Waals surface area contributed by atoms with E-state index in [1.54, 1.807) is 35.2 Å². The van der Waals surface area contributed by atoms with E-state index in [0.717, 1.165) is 24.2 Å². The number of hydrogen-bond acceptors (Lipinski definition) is 7. The standard InChI is InChI=1S/C30H30N4O4S2/c1-29(2)20-15-16-30(29,3)26(17-20)32-33-28-34(21-7-5-4-6-8-21)27(35)25(39-28)18-22-11-14-24(38-22)19-9-12-23(13-10-19)40(31,36)37/h4-14,18,20H,15-17H2,1-3H3,(H2,31,36,37). The fourth-order valence-electron chi connectivity index (χ4n) is 6.05. The third-order valence-corrected chi connectivity index (χ3v) is 10.8. The molecular formula is C30H30N4O4S2. The molecule has 2 atom stereocenters. The number of amides is 1. The molecule has 8 nitrogen and oxygen atoms in total. The number of primary sulfonamides is 1. The summed E-state index contributed by atoms with van der Waals surface area (Å²) in [5.41, 5.74) is 2.72. The summed E-state index contributed by atoms with van der Waals surface area (Å²) in [4.78, 5) is 15.7. The molecule has 1 aromatic heterocycles. The van der Waals surface area contributed by atoms with Crippen molar-refractivity contribution in [3.05, 3.63) is 77.4 Å². The molecule has 2 bridgehead atoms. The van der Waals surface area contributed by atoms with Crippen molar-refractivity contribution in [1.82, 2.24) is 0 Å². The van der Waals surface area contributed by atoms with Crippen LogP contribution >= 0.6 is 11.8 Å². The van der Waals surface area contributed by atoms with Gasteiger partial charge in [-0.15, -0.1) is 5.10 Å². The lowest BCUT2D eigenvalue weighted by Crippen LogP contribution is -2.32. The summed E-state index contributed by atoms with van der Waals surface area (Å²) in [6.45, 7) is 6.96. The number of carbonyl (C=O) groups excluding carboxylic acids is 1. The number of hydrogen-bond donors (Lipinski definition) is 1. The first-order chi connectivity index (χ1) is 19.0. The summed E-state index contributed by atoms with van der Waals surface area (Å²) < 4.78 is 29.1. The molecule has 2 heterocycles. The van der Waals surface area contributed by atoms with Crippen molar-refractivity contribution in [3.63, 3.8) is 0 Å². The topological polar surface area (TPSA) is 118 Å². The van der Waals surface area contributed by atoms with E-state index in [9.17, 15) is 13.2 Å². The molecule has 2 saturated carbocycles. The van der Waals surface area contributed by atoms with Crippen LogP contribution in [0.25, 0.3) is 17.4 Å². The summed E-state index contributed by atoms with van der Waals surface area (Å²) in [7, 11) is -3.78. The molecular weight excluding hydrogens is 544 g/mol. The van der Waals surface area contributed by atoms with Gasteiger partial charge in [-0.1, -0.05) is 39.0 Å². The molecule has 0 spiro atoms. The summed E-state index contributed by atoms with van der Waals surface area (Å²) in [6.07, 6.45) is 4.97. The van der Waals surface area contributed by atoms with Crippen LogP contribution in [0, 0.1) is 16.7 Å². The van der Waals surface area contributed by atoms with Gasteiger partial charge >= 0.3 is 0 Å². The van der Waals surface area contributed by atoms with Crippen LogP contribution in [-0.2, 0) is 14.8 Å². The summed E-state index contributed by atoms with van der Waals surface area (Å²) in [5.74, 6) is 1.43. The van der Waals surface area contributed by atoms with E-state index >= 15 is 0 Å². The van der Waals surface area contributed by atoms with Crippen LogP contribution < -0.4 is 10.0 Å². The Kier molecular flexibility index (Phi) is 6.40. The zero-order valence-electron chi connectivity index (χ0n) is 22.5. The molecule has 10 heteroatoms. The first-order valence-electron chi connectivity index (χ1n) is 13.1. The molecule has 2 aliphatic carbocycles. The maximum Gasteiger partial charge on any atom is 0.271 e. The summed E-state index contributed by atoms with van der Waals surface area (Å²) in [6, 6.07) is 19.1. The minimum Gasteiger partial charge on any atom is -0.457 e. The second-order valence-electron chi connectivity index (χ2n) is 11.3. The Balaban J connectivity index is 1.31. The van der Waals surface area contributed by atoms with E-state index < -0.39 is 10.0 Å². The number of benzene rings is 2. The number of furan rings is 1. The minimum absolute atomic E-state index is 0.0162. The van der Waals surface area contributed by atoms with Crippen LogP contribution in [-0.4, -0.2) is 25.2 Å². The fourth-order valence-corrected chi connectivity index (χ4v) is 7.48. The Bertz CT molecular complexity index is 1690. The highest BCUT2D eigenvalue weighted by Gasteiger charge is 2.60. The van der Waals surface area contributed by atoms with E-state index in [0.29, 0.717) is 33.1 Å². The zero-order valence-corrected chi connectivity index (χ0v) is 24.1. The fraction of sp³-hybridized carbons (Fsp3) is 0.300. The summed E-state index contributed by atoms with van der Waals surface area (Å²) >= 11 is 1.27. The smallest absolute Gasteiger partial charge is 0.271 e. The number of sulfonamides is 1. The minimum atomic E-state index is -3.78. The SMILES string of the molecule is CC12CCC(CC1=NN=C1SC(=Cc3ccc(-c4ccc(S(N)(=O)=O)cc4)o3)C(=O)N1c1ccccc1)C2(C)C. The van der Waals surface area contributed by atoms with Gasteiger partial charge in [0.05, 0.1) is 15.5 Å². The molecule has 2 unspecified atom stereocenters. The van der Waals surface area contributed by atoms with Crippen LogP contribution in [0.4, 0.5) is 5.69 Å². The normalized spacial score (nSPS) is 27.0. The van der Waals surface area contributed by atoms with Crippen molar-refractivity contribution in [3.8, 4) is 11.3 Å². The molecule has 1 aliphatic heterocycles. The number of amidine groups is 1. The second kappa shape index (κ2) is 9.57. The van der Waals surface area contributed by atoms with Gasteiger partial charge in [0.1, 0.15) is 11.5 Å². The molecule has 40 heavy (non-hydrogen) atoms. The molecule has 1 amide bonds. The van der Waals surface area contributed by atoms with Crippen LogP contribution in [0.15, 0.2) is 91.2 Å². The third kappa shape index (κ3) is 4.44. The first kappa shape index (κ1) is 26.7. The molecule has 206 valence electrons. The van der Waals surface area contributed by atoms with E-state index in [1.165, 1.54) is 30.3 Å². The van der Waals surface area contributed by atoms with Gasteiger partial charge in [-0.25, -0.2) is 13.6 Å². The molecule has 3 aromatic rings. The second-order valence-corrected chi connectivity index (χ2v) is 13.9. The predicted octanol–water partition coefficient (Wildman–Crippen LogP) is 6.27. The number of thioether (sulfide) groups is 1. The monoisotopic (exact) mass is 574 g/mol. The third-order valence-electron chi connectivity index (χ3n) is 8.96. The lowest BCUT2D eigenvalue weighted by molar-refractivity contribution is -0.113. The molecule has 3 fully saturated rings. The lowest BCUT2D eigenvalue weighted by atomic mass is 9.70. The van der Waals surface area contributed by atoms with Gasteiger partial charge in [-0.3, -0.25) is 9.69 Å². The molecule has 3 aliphatic rings. The van der Waals surface area contributed by atoms with Crippen molar-refractivity contribution in [2.24, 2.45) is 32.1 Å². The average Bonchev–Trinajstić information content (AvgIpc) is 3.62. The van der Waals surface area contributed by atoms with Crippen molar-refractivity contribution < 1.29 is 17.6 Å². The number of nitrogens with two attached hydrogens (primary N) is 1. The highest BCUT2D eigenvalue weighted by atomic mass is 32.2. The zero-order chi connectivity index (χ0) is 28.3. The Hall–Kier alpha value is -3.47. The van der Waals surface area contributed by atoms with Gasteiger partial charge < -0.3 is 4.42 Å². The van der Waals surface area contributed by atoms with Crippen molar-refractivity contribution >= 4 is 50.3 Å². The van der Waals surface area contributed by atoms with Crippen molar-refractivity contribution in [2.75, 3.05) is 4.90 Å². The van der Waals surface area contributed by atoms with E-state index in [-0.39, 0.29) is 21.6 Å². The maximum atomic E-state index is 13.6. The van der Waals surface area contributed by atoms with Gasteiger partial charge in [0.2, 0.25) is 15.2 Å². The number of nitrogens with zero attached hydrogens (tertiary/aromatic N) is 3. The molecule has 0 radical (unpaired) electrons. The van der Waals surface area contributed by atoms with Gasteiger partial charge in [-0.2, -0.15) is 5.10 Å². The van der Waals surface area contributed by atoms with E-state index in [1.807, 2.05) is 30.3 Å². The predicted molar refractivity (Wildman–Crippen MR) is 159 cm³/mol. The largest absolute Gasteiger partial charge is 0.457 e. The lowest BCUT2D eigenvalue weighted by Gasteiger charge is -2.34. The number of anilines is 1. The number of fused-ring (bicyclic) bond motifs is 2. The highest BCUT2D eigenvalue weighted by molar-refractivity contribution is 8.19. The van der Waals surface area contributed by atoms with Crippen LogP contribution in [0.2, 0.25) is 0 Å². The Labute approximate surface area is 238 Å². The Morgan fingerprint density at radius 3 is 2.38 bits per heavy atom. The van der Waals surface area contributed by atoms with Gasteiger partial charge in [-0.05, 0) is 90.9 Å². The van der Waals surface area contributed by atoms with Gasteiger partial charge in [0.25, 0.3) is 5.91 Å². The average molecular weight is 575 g/mol. The van der Waals surface area contributed by atoms with Crippen LogP contribution in [0.3, 0.4) is 0 Å². The molecule has 1 saturated heterocycles.